The maximum Gasteiger partial charge on any atom is 0.289 e. The van der Waals surface area contributed by atoms with Gasteiger partial charge in [-0.15, -0.1) is 0 Å². The van der Waals surface area contributed by atoms with Crippen LogP contribution in [0.25, 0.3) is 0 Å². The first-order chi connectivity index (χ1) is 15.0. The number of furan rings is 1. The highest BCUT2D eigenvalue weighted by Crippen LogP contribution is 2.29. The van der Waals surface area contributed by atoms with Crippen LogP contribution in [0.15, 0.2) is 59.0 Å². The summed E-state index contributed by atoms with van der Waals surface area (Å²) in [6, 6.07) is 15.8. The van der Waals surface area contributed by atoms with Crippen molar-refractivity contribution in [2.75, 3.05) is 26.2 Å². The van der Waals surface area contributed by atoms with Gasteiger partial charge in [0, 0.05) is 38.3 Å². The number of amides is 1. The molecular weight excluding hydrogens is 419 g/mol. The molecule has 1 aromatic heterocycles. The summed E-state index contributed by atoms with van der Waals surface area (Å²) in [7, 11) is 0. The second-order valence-corrected chi connectivity index (χ2v) is 8.01. The minimum absolute atomic E-state index is 0.147. The Bertz CT molecular complexity index is 1040. The lowest BCUT2D eigenvalue weighted by atomic mass is 10.2. The molecule has 4 rings (SSSR count). The number of aryl methyl sites for hydroxylation is 1. The number of carbonyl (C=O) groups excluding carboxylic acids is 1. The minimum atomic E-state index is -0.196. The zero-order valence-electron chi connectivity index (χ0n) is 17.3. The summed E-state index contributed by atoms with van der Waals surface area (Å²) in [5.74, 6) is 1.11. The molecule has 3 aromatic rings. The number of para-hydroxylation sites is 1. The Labute approximate surface area is 186 Å². The molecule has 0 saturated carbocycles. The van der Waals surface area contributed by atoms with Gasteiger partial charge in [0.05, 0.1) is 5.02 Å². The van der Waals surface area contributed by atoms with Gasteiger partial charge in [0.1, 0.15) is 23.9 Å². The highest BCUT2D eigenvalue weighted by molar-refractivity contribution is 6.32. The minimum Gasteiger partial charge on any atom is -0.484 e. The van der Waals surface area contributed by atoms with Gasteiger partial charge < -0.3 is 14.1 Å². The maximum absolute atomic E-state index is 13.9. The summed E-state index contributed by atoms with van der Waals surface area (Å²) in [4.78, 5) is 16.7. The third-order valence-corrected chi connectivity index (χ3v) is 5.70. The number of carbonyl (C=O) groups is 1. The fraction of sp³-hybridized carbons (Fsp3) is 0.292. The fourth-order valence-corrected chi connectivity index (χ4v) is 3.92. The molecule has 31 heavy (non-hydrogen) atoms. The van der Waals surface area contributed by atoms with E-state index in [1.165, 1.54) is 6.07 Å². The van der Waals surface area contributed by atoms with Crippen molar-refractivity contribution >= 4 is 17.5 Å². The lowest BCUT2D eigenvalue weighted by Crippen LogP contribution is -2.48. The van der Waals surface area contributed by atoms with E-state index in [-0.39, 0.29) is 24.1 Å². The number of hydrogen-bond donors (Lipinski definition) is 0. The molecule has 0 N–H and O–H groups in total. The molecule has 0 radical (unpaired) electrons. The monoisotopic (exact) mass is 442 g/mol. The predicted octanol–water partition coefficient (Wildman–Crippen LogP) is 4.92. The van der Waals surface area contributed by atoms with Crippen molar-refractivity contribution in [3.63, 3.8) is 0 Å². The number of piperazine rings is 1. The third kappa shape index (κ3) is 5.09. The zero-order valence-corrected chi connectivity index (χ0v) is 18.1. The molecule has 2 aromatic carbocycles. The molecule has 0 aliphatic carbocycles. The van der Waals surface area contributed by atoms with Gasteiger partial charge >= 0.3 is 0 Å². The Balaban J connectivity index is 1.30. The normalized spacial score (nSPS) is 14.6. The zero-order chi connectivity index (χ0) is 21.8. The number of hydrogen-bond acceptors (Lipinski definition) is 4. The molecule has 1 aliphatic rings. The van der Waals surface area contributed by atoms with Crippen LogP contribution in [0.3, 0.4) is 0 Å². The first-order valence-corrected chi connectivity index (χ1v) is 10.6. The number of halogens is 2. The number of nitrogens with zero attached hydrogens (tertiary/aromatic N) is 2. The van der Waals surface area contributed by atoms with Gasteiger partial charge in [-0.2, -0.15) is 0 Å². The smallest absolute Gasteiger partial charge is 0.289 e. The van der Waals surface area contributed by atoms with Gasteiger partial charge in [0.15, 0.2) is 5.76 Å². The highest BCUT2D eigenvalue weighted by Gasteiger charge is 2.24. The van der Waals surface area contributed by atoms with Crippen molar-refractivity contribution in [2.45, 2.75) is 20.1 Å². The molecule has 162 valence electrons. The fourth-order valence-electron chi connectivity index (χ4n) is 3.65. The molecule has 7 heteroatoms. The Morgan fingerprint density at radius 2 is 1.84 bits per heavy atom. The van der Waals surface area contributed by atoms with Gasteiger partial charge in [-0.25, -0.2) is 4.39 Å². The molecule has 5 nitrogen and oxygen atoms in total. The summed E-state index contributed by atoms with van der Waals surface area (Å²) in [6.07, 6.45) is 0. The van der Waals surface area contributed by atoms with Crippen LogP contribution in [-0.4, -0.2) is 41.9 Å². The standard InChI is InChI=1S/C24H24ClFN2O3/c1-17-5-4-7-20(25)23(17)30-16-19-9-10-22(31-19)24(29)28-13-11-27(12-14-28)15-18-6-2-3-8-21(18)26/h2-10H,11-16H2,1H3. The van der Waals surface area contributed by atoms with Gasteiger partial charge in [0.25, 0.3) is 5.91 Å². The van der Waals surface area contributed by atoms with Crippen molar-refractivity contribution < 1.29 is 18.3 Å². The van der Waals surface area contributed by atoms with Crippen LogP contribution in [0, 0.1) is 12.7 Å². The lowest BCUT2D eigenvalue weighted by molar-refractivity contribution is 0.0592. The SMILES string of the molecule is Cc1cccc(Cl)c1OCc1ccc(C(=O)N2CCN(Cc3ccccc3F)CC2)o1. The Morgan fingerprint density at radius 1 is 1.06 bits per heavy atom. The van der Waals surface area contributed by atoms with Crippen molar-refractivity contribution in [1.82, 2.24) is 9.80 Å². The topological polar surface area (TPSA) is 45.9 Å². The van der Waals surface area contributed by atoms with Crippen molar-refractivity contribution in [3.05, 3.63) is 88.1 Å². The molecule has 1 saturated heterocycles. The Hall–Kier alpha value is -2.83. The highest BCUT2D eigenvalue weighted by atomic mass is 35.5. The molecule has 0 atom stereocenters. The van der Waals surface area contributed by atoms with E-state index >= 15 is 0 Å². The molecule has 2 heterocycles. The summed E-state index contributed by atoms with van der Waals surface area (Å²) in [6.45, 7) is 5.15. The number of benzene rings is 2. The van der Waals surface area contributed by atoms with Gasteiger partial charge in [0.2, 0.25) is 0 Å². The van der Waals surface area contributed by atoms with Crippen molar-refractivity contribution in [2.24, 2.45) is 0 Å². The van der Waals surface area contributed by atoms with Gasteiger partial charge in [-0.1, -0.05) is 41.9 Å². The second kappa shape index (κ2) is 9.54. The third-order valence-electron chi connectivity index (χ3n) is 5.41. The summed E-state index contributed by atoms with van der Waals surface area (Å²) in [5.41, 5.74) is 1.61. The molecule has 0 spiro atoms. The Morgan fingerprint density at radius 3 is 2.58 bits per heavy atom. The first kappa shape index (κ1) is 21.4. The van der Waals surface area contributed by atoms with Crippen LogP contribution in [-0.2, 0) is 13.2 Å². The quantitative estimate of drug-likeness (QED) is 0.543. The average Bonchev–Trinajstić information content (AvgIpc) is 3.24. The molecule has 0 bridgehead atoms. The van der Waals surface area contributed by atoms with E-state index < -0.39 is 0 Å². The largest absolute Gasteiger partial charge is 0.484 e. The van der Waals surface area contributed by atoms with E-state index in [2.05, 4.69) is 4.90 Å². The molecule has 1 aliphatic heterocycles. The van der Waals surface area contributed by atoms with Crippen LogP contribution < -0.4 is 4.74 Å². The van der Waals surface area contributed by atoms with Crippen LogP contribution in [0.2, 0.25) is 5.02 Å². The van der Waals surface area contributed by atoms with Crippen LogP contribution in [0.4, 0.5) is 4.39 Å². The van der Waals surface area contributed by atoms with Crippen LogP contribution in [0.5, 0.6) is 5.75 Å². The van der Waals surface area contributed by atoms with E-state index in [1.807, 2.05) is 25.1 Å². The molecular formula is C24H24ClFN2O3. The summed E-state index contributed by atoms with van der Waals surface area (Å²) < 4.78 is 25.4. The van der Waals surface area contributed by atoms with Gasteiger partial charge in [-0.3, -0.25) is 9.69 Å². The number of rotatable bonds is 6. The van der Waals surface area contributed by atoms with E-state index in [4.69, 9.17) is 20.8 Å². The van der Waals surface area contributed by atoms with E-state index in [1.54, 1.807) is 35.2 Å². The van der Waals surface area contributed by atoms with Crippen molar-refractivity contribution in [1.29, 1.82) is 0 Å². The maximum atomic E-state index is 13.9. The van der Waals surface area contributed by atoms with E-state index in [0.717, 1.165) is 5.56 Å². The number of ether oxygens (including phenoxy) is 1. The molecule has 1 amide bonds. The first-order valence-electron chi connectivity index (χ1n) is 10.2. The summed E-state index contributed by atoms with van der Waals surface area (Å²) in [5, 5.41) is 0.538. The van der Waals surface area contributed by atoms with Crippen LogP contribution in [0.1, 0.15) is 27.4 Å². The van der Waals surface area contributed by atoms with Crippen LogP contribution >= 0.6 is 11.6 Å². The molecule has 0 unspecified atom stereocenters. The predicted molar refractivity (Wildman–Crippen MR) is 117 cm³/mol. The average molecular weight is 443 g/mol. The lowest BCUT2D eigenvalue weighted by Gasteiger charge is -2.34. The molecule has 1 fully saturated rings. The van der Waals surface area contributed by atoms with Gasteiger partial charge in [-0.05, 0) is 36.8 Å². The van der Waals surface area contributed by atoms with E-state index in [9.17, 15) is 9.18 Å². The Kier molecular flexibility index (Phi) is 6.59. The van der Waals surface area contributed by atoms with Crippen molar-refractivity contribution in [3.8, 4) is 5.75 Å². The van der Waals surface area contributed by atoms with E-state index in [0.29, 0.717) is 54.8 Å². The second-order valence-electron chi connectivity index (χ2n) is 7.60. The summed E-state index contributed by atoms with van der Waals surface area (Å²) >= 11 is 6.18.